The van der Waals surface area contributed by atoms with Crippen LogP contribution < -0.4 is 15.4 Å². The van der Waals surface area contributed by atoms with Gasteiger partial charge < -0.3 is 15.1 Å². The highest BCUT2D eigenvalue weighted by molar-refractivity contribution is 7.89. The molecule has 3 N–H and O–H groups in total. The second-order valence-electron chi connectivity index (χ2n) is 4.71. The number of nitrogens with one attached hydrogen (secondary N) is 1. The van der Waals surface area contributed by atoms with E-state index in [0.717, 1.165) is 5.56 Å². The number of benzene rings is 1. The minimum atomic E-state index is -3.50. The molecule has 0 aliphatic rings. The predicted molar refractivity (Wildman–Crippen MR) is 82.5 cm³/mol. The lowest BCUT2D eigenvalue weighted by molar-refractivity contribution is 0.563. The van der Waals surface area contributed by atoms with E-state index in [1.54, 1.807) is 31.6 Å². The Bertz CT molecular complexity index is 696. The van der Waals surface area contributed by atoms with E-state index in [4.69, 9.17) is 10.2 Å². The molecule has 1 aromatic heterocycles. The van der Waals surface area contributed by atoms with E-state index >= 15 is 0 Å². The molecule has 0 fully saturated rings. The van der Waals surface area contributed by atoms with Crippen LogP contribution in [0.4, 0.5) is 11.4 Å². The van der Waals surface area contributed by atoms with Crippen molar-refractivity contribution in [3.63, 3.8) is 0 Å². The van der Waals surface area contributed by atoms with Crippen LogP contribution in [0.5, 0.6) is 0 Å². The average Bonchev–Trinajstić information content (AvgIpc) is 2.91. The molecule has 0 saturated heterocycles. The third kappa shape index (κ3) is 3.56. The van der Waals surface area contributed by atoms with Crippen LogP contribution in [-0.4, -0.2) is 22.0 Å². The van der Waals surface area contributed by atoms with Gasteiger partial charge in [0, 0.05) is 25.7 Å². The first kappa shape index (κ1) is 15.4. The number of rotatable bonds is 6. The predicted octanol–water partition coefficient (Wildman–Crippen LogP) is 1.80. The molecule has 21 heavy (non-hydrogen) atoms. The highest BCUT2D eigenvalue weighted by Gasteiger charge is 2.16. The maximum absolute atomic E-state index is 12.0. The first-order valence-corrected chi connectivity index (χ1v) is 8.03. The van der Waals surface area contributed by atoms with Crippen molar-refractivity contribution in [3.05, 3.63) is 42.4 Å². The lowest BCUT2D eigenvalue weighted by Gasteiger charge is -2.21. The van der Waals surface area contributed by atoms with Crippen LogP contribution >= 0.6 is 0 Å². The molecule has 0 amide bonds. The molecule has 0 atom stereocenters. The van der Waals surface area contributed by atoms with Gasteiger partial charge in [0.05, 0.1) is 28.8 Å². The summed E-state index contributed by atoms with van der Waals surface area (Å²) in [5.41, 5.74) is 8.13. The van der Waals surface area contributed by atoms with Crippen LogP contribution in [0.1, 0.15) is 12.5 Å². The number of nitrogens with zero attached hydrogens (tertiary/aromatic N) is 1. The third-order valence-electron chi connectivity index (χ3n) is 3.06. The monoisotopic (exact) mass is 309 g/mol. The van der Waals surface area contributed by atoms with Gasteiger partial charge in [-0.3, -0.25) is 0 Å². The molecular formula is C14H19N3O3S. The number of nitrogen functional groups attached to an aromatic ring is 1. The minimum Gasteiger partial charge on any atom is -0.472 e. The van der Waals surface area contributed by atoms with E-state index < -0.39 is 10.0 Å². The van der Waals surface area contributed by atoms with E-state index in [1.165, 1.54) is 6.07 Å². The maximum Gasteiger partial charge on any atom is 0.240 e. The van der Waals surface area contributed by atoms with E-state index in [0.29, 0.717) is 24.5 Å². The van der Waals surface area contributed by atoms with Crippen LogP contribution in [0.2, 0.25) is 0 Å². The lowest BCUT2D eigenvalue weighted by Crippen LogP contribution is -2.24. The molecule has 0 saturated carbocycles. The average molecular weight is 309 g/mol. The summed E-state index contributed by atoms with van der Waals surface area (Å²) in [7, 11) is -1.65. The van der Waals surface area contributed by atoms with Crippen molar-refractivity contribution in [3.8, 4) is 0 Å². The van der Waals surface area contributed by atoms with E-state index in [1.807, 2.05) is 18.0 Å². The smallest absolute Gasteiger partial charge is 0.240 e. The first-order valence-electron chi connectivity index (χ1n) is 6.55. The topological polar surface area (TPSA) is 88.6 Å². The second kappa shape index (κ2) is 6.19. The number of furan rings is 1. The van der Waals surface area contributed by atoms with Gasteiger partial charge in [-0.15, -0.1) is 0 Å². The van der Waals surface area contributed by atoms with Crippen molar-refractivity contribution in [2.24, 2.45) is 0 Å². The molecule has 1 heterocycles. The number of nitrogens with two attached hydrogens (primary N) is 1. The fourth-order valence-corrected chi connectivity index (χ4v) is 3.10. The summed E-state index contributed by atoms with van der Waals surface area (Å²) in [6.07, 6.45) is 3.24. The molecule has 0 radical (unpaired) electrons. The first-order chi connectivity index (χ1) is 9.94. The van der Waals surface area contributed by atoms with Crippen LogP contribution in [0, 0.1) is 0 Å². The van der Waals surface area contributed by atoms with Gasteiger partial charge in [-0.2, -0.15) is 0 Å². The fourth-order valence-electron chi connectivity index (χ4n) is 2.04. The lowest BCUT2D eigenvalue weighted by atomic mass is 10.2. The van der Waals surface area contributed by atoms with E-state index in [2.05, 4.69) is 4.72 Å². The number of anilines is 2. The van der Waals surface area contributed by atoms with Crippen LogP contribution in [0.3, 0.4) is 0 Å². The Kier molecular flexibility index (Phi) is 4.54. The maximum atomic E-state index is 12.0. The zero-order valence-electron chi connectivity index (χ0n) is 12.0. The summed E-state index contributed by atoms with van der Waals surface area (Å²) in [5.74, 6) is 0. The van der Waals surface area contributed by atoms with Gasteiger partial charge in [0.15, 0.2) is 0 Å². The second-order valence-corrected chi connectivity index (χ2v) is 6.48. The van der Waals surface area contributed by atoms with Gasteiger partial charge in [0.25, 0.3) is 0 Å². The van der Waals surface area contributed by atoms with Crippen molar-refractivity contribution in [2.75, 3.05) is 24.2 Å². The zero-order valence-corrected chi connectivity index (χ0v) is 12.9. The normalized spacial score (nSPS) is 11.5. The highest BCUT2D eigenvalue weighted by Crippen LogP contribution is 2.27. The van der Waals surface area contributed by atoms with Gasteiger partial charge >= 0.3 is 0 Å². The third-order valence-corrected chi connectivity index (χ3v) is 4.60. The van der Waals surface area contributed by atoms with E-state index in [9.17, 15) is 8.42 Å². The van der Waals surface area contributed by atoms with Gasteiger partial charge in [0.1, 0.15) is 0 Å². The fraction of sp³-hybridized carbons (Fsp3) is 0.286. The highest BCUT2D eigenvalue weighted by atomic mass is 32.2. The molecular weight excluding hydrogens is 290 g/mol. The number of hydrogen-bond donors (Lipinski definition) is 2. The SMILES string of the molecule is CCNS(=O)(=O)c1ccc(N)c(N(C)Cc2ccoc2)c1. The summed E-state index contributed by atoms with van der Waals surface area (Å²) >= 11 is 0. The molecule has 6 nitrogen and oxygen atoms in total. The Labute approximate surface area is 124 Å². The van der Waals surface area contributed by atoms with Crippen molar-refractivity contribution in [1.29, 1.82) is 0 Å². The standard InChI is InChI=1S/C14H19N3O3S/c1-3-16-21(18,19)12-4-5-13(15)14(8-12)17(2)9-11-6-7-20-10-11/h4-8,10,16H,3,9,15H2,1-2H3. The van der Waals surface area contributed by atoms with E-state index in [-0.39, 0.29) is 4.90 Å². The number of sulfonamides is 1. The van der Waals surface area contributed by atoms with Crippen LogP contribution in [-0.2, 0) is 16.6 Å². The molecule has 0 aliphatic carbocycles. The summed E-state index contributed by atoms with van der Waals surface area (Å²) in [4.78, 5) is 2.08. The Balaban J connectivity index is 2.31. The molecule has 0 aliphatic heterocycles. The van der Waals surface area contributed by atoms with Gasteiger partial charge in [-0.25, -0.2) is 13.1 Å². The molecule has 7 heteroatoms. The van der Waals surface area contributed by atoms with Crippen molar-refractivity contribution >= 4 is 21.4 Å². The summed E-state index contributed by atoms with van der Waals surface area (Å²) in [5, 5.41) is 0. The molecule has 1 aromatic carbocycles. The van der Waals surface area contributed by atoms with Crippen molar-refractivity contribution < 1.29 is 12.8 Å². The molecule has 0 bridgehead atoms. The summed E-state index contributed by atoms with van der Waals surface area (Å²) in [6.45, 7) is 2.65. The zero-order chi connectivity index (χ0) is 15.5. The van der Waals surface area contributed by atoms with Crippen LogP contribution in [0.25, 0.3) is 0 Å². The molecule has 2 aromatic rings. The Morgan fingerprint density at radius 1 is 1.33 bits per heavy atom. The largest absolute Gasteiger partial charge is 0.472 e. The Morgan fingerprint density at radius 2 is 2.10 bits per heavy atom. The van der Waals surface area contributed by atoms with Crippen molar-refractivity contribution in [1.82, 2.24) is 4.72 Å². The van der Waals surface area contributed by atoms with Gasteiger partial charge in [0.2, 0.25) is 10.0 Å². The quantitative estimate of drug-likeness (QED) is 0.794. The Hall–Kier alpha value is -1.99. The number of hydrogen-bond acceptors (Lipinski definition) is 5. The van der Waals surface area contributed by atoms with Crippen molar-refractivity contribution in [2.45, 2.75) is 18.4 Å². The molecule has 114 valence electrons. The van der Waals surface area contributed by atoms with Gasteiger partial charge in [-0.1, -0.05) is 6.92 Å². The minimum absolute atomic E-state index is 0.201. The molecule has 0 spiro atoms. The summed E-state index contributed by atoms with van der Waals surface area (Å²) < 4.78 is 31.6. The van der Waals surface area contributed by atoms with Crippen LogP contribution in [0.15, 0.2) is 46.1 Å². The summed E-state index contributed by atoms with van der Waals surface area (Å²) in [6, 6.07) is 6.53. The Morgan fingerprint density at radius 3 is 2.71 bits per heavy atom. The van der Waals surface area contributed by atoms with Gasteiger partial charge in [-0.05, 0) is 24.3 Å². The molecule has 0 unspecified atom stereocenters. The molecule has 2 rings (SSSR count).